The van der Waals surface area contributed by atoms with Crippen molar-refractivity contribution >= 4 is 22.1 Å². The van der Waals surface area contributed by atoms with Gasteiger partial charge in [0, 0.05) is 5.69 Å². The Morgan fingerprint density at radius 3 is 2.46 bits per heavy atom. The van der Waals surface area contributed by atoms with E-state index in [1.807, 2.05) is 30.3 Å². The average molecular weight is 168 g/mol. The summed E-state index contributed by atoms with van der Waals surface area (Å²) in [5.41, 5.74) is 7.16. The molecule has 0 aliphatic carbocycles. The van der Waals surface area contributed by atoms with E-state index in [4.69, 9.17) is 12.3 Å². The molecule has 0 aliphatic heterocycles. The van der Waals surface area contributed by atoms with Crippen LogP contribution in [0.4, 0.5) is 11.4 Å². The zero-order valence-corrected chi connectivity index (χ0v) is 6.99. The molecule has 62 valence electrons. The number of nitrogens with two attached hydrogens (primary N) is 1. The molecule has 0 saturated heterocycles. The first-order chi connectivity index (χ1) is 6.33. The molecule has 0 heterocycles. The molecular formula is C11H8N2. The van der Waals surface area contributed by atoms with E-state index in [0.717, 1.165) is 16.5 Å². The van der Waals surface area contributed by atoms with Gasteiger partial charge in [0.15, 0.2) is 5.69 Å². The van der Waals surface area contributed by atoms with Crippen molar-refractivity contribution < 1.29 is 0 Å². The zero-order chi connectivity index (χ0) is 9.26. The Morgan fingerprint density at radius 1 is 1.00 bits per heavy atom. The molecule has 2 aromatic carbocycles. The fraction of sp³-hybridized carbons (Fsp3) is 0. The maximum atomic E-state index is 6.98. The second-order valence-electron chi connectivity index (χ2n) is 2.83. The van der Waals surface area contributed by atoms with Crippen molar-refractivity contribution in [1.82, 2.24) is 0 Å². The normalized spacial score (nSPS) is 9.77. The molecule has 0 atom stereocenters. The van der Waals surface area contributed by atoms with Gasteiger partial charge in [-0.2, -0.15) is 0 Å². The molecule has 0 aromatic heterocycles. The molecule has 0 unspecified atom stereocenters. The van der Waals surface area contributed by atoms with Gasteiger partial charge in [-0.1, -0.05) is 30.3 Å². The molecule has 0 bridgehead atoms. The number of nitrogens with zero attached hydrogens (tertiary/aromatic N) is 1. The Hall–Kier alpha value is -2.01. The van der Waals surface area contributed by atoms with E-state index in [1.165, 1.54) is 0 Å². The van der Waals surface area contributed by atoms with Crippen LogP contribution in [0, 0.1) is 6.57 Å². The first-order valence-corrected chi connectivity index (χ1v) is 3.97. The smallest absolute Gasteiger partial charge is 0.194 e. The molecule has 13 heavy (non-hydrogen) atoms. The third-order valence-corrected chi connectivity index (χ3v) is 2.05. The monoisotopic (exact) mass is 168 g/mol. The van der Waals surface area contributed by atoms with Crippen LogP contribution in [-0.4, -0.2) is 0 Å². The fourth-order valence-corrected chi connectivity index (χ4v) is 1.42. The van der Waals surface area contributed by atoms with Gasteiger partial charge in [-0.25, -0.2) is 4.85 Å². The summed E-state index contributed by atoms with van der Waals surface area (Å²) in [6.45, 7) is 6.98. The van der Waals surface area contributed by atoms with Crippen molar-refractivity contribution in [1.29, 1.82) is 0 Å². The summed E-state index contributed by atoms with van der Waals surface area (Å²) < 4.78 is 0. The highest BCUT2D eigenvalue weighted by atomic mass is 14.6. The van der Waals surface area contributed by atoms with Crippen molar-refractivity contribution in [3.05, 3.63) is 47.8 Å². The SMILES string of the molecule is [C-]#[N+]c1cccc2c(N)cccc12. The van der Waals surface area contributed by atoms with Gasteiger partial charge in [0.05, 0.1) is 6.57 Å². The van der Waals surface area contributed by atoms with Gasteiger partial charge in [0.25, 0.3) is 0 Å². The first-order valence-electron chi connectivity index (χ1n) is 3.97. The molecule has 0 saturated carbocycles. The lowest BCUT2D eigenvalue weighted by molar-refractivity contribution is 1.73. The van der Waals surface area contributed by atoms with Gasteiger partial charge in [-0.15, -0.1) is 0 Å². The fourth-order valence-electron chi connectivity index (χ4n) is 1.42. The number of benzene rings is 2. The highest BCUT2D eigenvalue weighted by Crippen LogP contribution is 2.29. The van der Waals surface area contributed by atoms with Crippen molar-refractivity contribution in [3.8, 4) is 0 Å². The average Bonchev–Trinajstić information content (AvgIpc) is 2.18. The molecule has 2 N–H and O–H groups in total. The Labute approximate surface area is 76.4 Å². The highest BCUT2D eigenvalue weighted by molar-refractivity contribution is 6.00. The van der Waals surface area contributed by atoms with Crippen LogP contribution in [0.2, 0.25) is 0 Å². The van der Waals surface area contributed by atoms with Crippen LogP contribution in [0.1, 0.15) is 0 Å². The van der Waals surface area contributed by atoms with Crippen LogP contribution in [0.5, 0.6) is 0 Å². The van der Waals surface area contributed by atoms with Crippen molar-refractivity contribution in [2.75, 3.05) is 5.73 Å². The van der Waals surface area contributed by atoms with Gasteiger partial charge < -0.3 is 5.73 Å². The number of hydrogen-bond donors (Lipinski definition) is 1. The largest absolute Gasteiger partial charge is 0.398 e. The van der Waals surface area contributed by atoms with Crippen LogP contribution >= 0.6 is 0 Å². The minimum Gasteiger partial charge on any atom is -0.398 e. The van der Waals surface area contributed by atoms with E-state index < -0.39 is 0 Å². The maximum absolute atomic E-state index is 6.98. The standard InChI is InChI=1S/C11H8N2/c1-13-11-7-3-4-8-9(11)5-2-6-10(8)12/h2-7H,12H2. The maximum Gasteiger partial charge on any atom is 0.194 e. The predicted molar refractivity (Wildman–Crippen MR) is 54.6 cm³/mol. The van der Waals surface area contributed by atoms with Crippen molar-refractivity contribution in [3.63, 3.8) is 0 Å². The molecule has 2 rings (SSSR count). The van der Waals surface area contributed by atoms with E-state index in [2.05, 4.69) is 4.85 Å². The van der Waals surface area contributed by atoms with Crippen LogP contribution in [0.15, 0.2) is 36.4 Å². The van der Waals surface area contributed by atoms with Gasteiger partial charge in [0.2, 0.25) is 0 Å². The zero-order valence-electron chi connectivity index (χ0n) is 6.99. The molecule has 0 spiro atoms. The van der Waals surface area contributed by atoms with Crippen LogP contribution in [0.3, 0.4) is 0 Å². The summed E-state index contributed by atoms with van der Waals surface area (Å²) in [4.78, 5) is 3.43. The molecule has 2 nitrogen and oxygen atoms in total. The van der Waals surface area contributed by atoms with E-state index in [0.29, 0.717) is 5.69 Å². The lowest BCUT2D eigenvalue weighted by Gasteiger charge is -2.02. The molecule has 2 heteroatoms. The summed E-state index contributed by atoms with van der Waals surface area (Å²) in [7, 11) is 0. The Bertz CT molecular complexity index is 495. The number of nitrogen functional groups attached to an aromatic ring is 1. The second-order valence-corrected chi connectivity index (χ2v) is 2.83. The molecule has 0 radical (unpaired) electrons. The number of anilines is 1. The van der Waals surface area contributed by atoms with Crippen LogP contribution < -0.4 is 5.73 Å². The molecule has 0 amide bonds. The van der Waals surface area contributed by atoms with Gasteiger partial charge in [-0.05, 0) is 16.8 Å². The Balaban J connectivity index is 2.94. The molecule has 2 aromatic rings. The minimum atomic E-state index is 0.657. The minimum absolute atomic E-state index is 0.657. The highest BCUT2D eigenvalue weighted by Gasteiger charge is 2.00. The second kappa shape index (κ2) is 2.80. The lowest BCUT2D eigenvalue weighted by atomic mass is 10.1. The topological polar surface area (TPSA) is 30.4 Å². The lowest BCUT2D eigenvalue weighted by Crippen LogP contribution is -1.85. The summed E-state index contributed by atoms with van der Waals surface area (Å²) >= 11 is 0. The summed E-state index contributed by atoms with van der Waals surface area (Å²) in [5, 5.41) is 1.88. The van der Waals surface area contributed by atoms with E-state index in [9.17, 15) is 0 Å². The van der Waals surface area contributed by atoms with Crippen LogP contribution in [-0.2, 0) is 0 Å². The van der Waals surface area contributed by atoms with Crippen molar-refractivity contribution in [2.45, 2.75) is 0 Å². The van der Waals surface area contributed by atoms with Crippen molar-refractivity contribution in [2.24, 2.45) is 0 Å². The van der Waals surface area contributed by atoms with E-state index >= 15 is 0 Å². The molecular weight excluding hydrogens is 160 g/mol. The Kier molecular flexibility index (Phi) is 1.64. The summed E-state index contributed by atoms with van der Waals surface area (Å²) in [6, 6.07) is 11.2. The summed E-state index contributed by atoms with van der Waals surface area (Å²) in [6.07, 6.45) is 0. The van der Waals surface area contributed by atoms with E-state index in [-0.39, 0.29) is 0 Å². The first kappa shape index (κ1) is 7.63. The predicted octanol–water partition coefficient (Wildman–Crippen LogP) is 2.97. The summed E-state index contributed by atoms with van der Waals surface area (Å²) in [5.74, 6) is 0. The number of rotatable bonds is 0. The van der Waals surface area contributed by atoms with E-state index in [1.54, 1.807) is 6.07 Å². The van der Waals surface area contributed by atoms with Gasteiger partial charge in [0.1, 0.15) is 0 Å². The van der Waals surface area contributed by atoms with Gasteiger partial charge in [-0.3, -0.25) is 0 Å². The number of fused-ring (bicyclic) bond motifs is 1. The molecule has 0 aliphatic rings. The van der Waals surface area contributed by atoms with Crippen LogP contribution in [0.25, 0.3) is 15.6 Å². The quantitative estimate of drug-likeness (QED) is 0.475. The third kappa shape index (κ3) is 1.11. The Morgan fingerprint density at radius 2 is 1.69 bits per heavy atom. The molecule has 0 fully saturated rings. The van der Waals surface area contributed by atoms with Gasteiger partial charge >= 0.3 is 0 Å². The number of hydrogen-bond acceptors (Lipinski definition) is 1. The third-order valence-electron chi connectivity index (χ3n) is 2.05.